The molecule has 3 aliphatic rings. The molecule has 0 saturated carbocycles. The molecule has 2 N–H and O–H groups in total. The fourth-order valence-electron chi connectivity index (χ4n) is 6.10. The number of carbonyl (C=O) groups excluding carboxylic acids is 3. The number of amides is 1. The zero-order chi connectivity index (χ0) is 27.8. The van der Waals surface area contributed by atoms with Gasteiger partial charge in [0.15, 0.2) is 12.2 Å². The minimum atomic E-state index is -1.97. The quantitative estimate of drug-likeness (QED) is 0.380. The Hall–Kier alpha value is -4.12. The Morgan fingerprint density at radius 2 is 2.05 bits per heavy atom. The highest BCUT2D eigenvalue weighted by atomic mass is 19.1. The molecular formula is C28H26FN3O7. The maximum Gasteiger partial charge on any atom is 0.343 e. The second kappa shape index (κ2) is 8.70. The summed E-state index contributed by atoms with van der Waals surface area (Å²) in [7, 11) is 0. The van der Waals surface area contributed by atoms with Gasteiger partial charge in [-0.3, -0.25) is 14.4 Å². The van der Waals surface area contributed by atoms with E-state index < -0.39 is 47.5 Å². The summed E-state index contributed by atoms with van der Waals surface area (Å²) in [5.74, 6) is -2.29. The van der Waals surface area contributed by atoms with Gasteiger partial charge in [0.05, 0.1) is 35.1 Å². The molecule has 2 aromatic heterocycles. The highest BCUT2D eigenvalue weighted by Crippen LogP contribution is 2.45. The van der Waals surface area contributed by atoms with Crippen molar-refractivity contribution in [2.45, 2.75) is 64.8 Å². The van der Waals surface area contributed by atoms with Gasteiger partial charge in [0.2, 0.25) is 0 Å². The summed E-state index contributed by atoms with van der Waals surface area (Å²) < 4.78 is 26.5. The van der Waals surface area contributed by atoms with Crippen molar-refractivity contribution in [3.8, 4) is 11.4 Å². The number of hydrogen-bond donors (Lipinski definition) is 2. The lowest BCUT2D eigenvalue weighted by molar-refractivity contribution is -0.172. The van der Waals surface area contributed by atoms with Crippen LogP contribution >= 0.6 is 0 Å². The third kappa shape index (κ3) is 3.59. The number of rotatable bonds is 4. The monoisotopic (exact) mass is 535 g/mol. The lowest BCUT2D eigenvalue weighted by atomic mass is 9.81. The number of carbonyl (C=O) groups is 3. The number of fused-ring (bicyclic) bond motifs is 5. The van der Waals surface area contributed by atoms with Gasteiger partial charge in [-0.05, 0) is 48.9 Å². The number of nitrogens with one attached hydrogen (secondary N) is 1. The molecule has 1 aliphatic carbocycles. The smallest absolute Gasteiger partial charge is 0.343 e. The van der Waals surface area contributed by atoms with E-state index in [2.05, 4.69) is 5.32 Å². The van der Waals surface area contributed by atoms with Crippen molar-refractivity contribution < 1.29 is 33.4 Å². The molecule has 0 unspecified atom stereocenters. The Bertz CT molecular complexity index is 1700. The zero-order valence-corrected chi connectivity index (χ0v) is 21.6. The van der Waals surface area contributed by atoms with Crippen molar-refractivity contribution in [2.75, 3.05) is 6.61 Å². The summed E-state index contributed by atoms with van der Waals surface area (Å²) >= 11 is 0. The molecule has 3 aromatic rings. The van der Waals surface area contributed by atoms with E-state index in [4.69, 9.17) is 14.5 Å². The highest BCUT2D eigenvalue weighted by Gasteiger charge is 2.46. The minimum Gasteiger partial charge on any atom is -0.458 e. The number of ether oxygens (including phenoxy) is 2. The molecule has 0 saturated heterocycles. The van der Waals surface area contributed by atoms with E-state index in [1.54, 1.807) is 19.9 Å². The number of esters is 2. The lowest BCUT2D eigenvalue weighted by Crippen LogP contribution is -2.44. The normalized spacial score (nSPS) is 20.6. The first-order valence-corrected chi connectivity index (χ1v) is 12.8. The van der Waals surface area contributed by atoms with Gasteiger partial charge >= 0.3 is 11.9 Å². The van der Waals surface area contributed by atoms with E-state index in [1.807, 2.05) is 0 Å². The van der Waals surface area contributed by atoms with Crippen LogP contribution < -0.4 is 10.9 Å². The SMILES string of the molecule is CC[C@@]1(O)C(=O)OCc2c1cc1n(c2=O)Cc2c-1nc1cc(F)c(C)c3c1c2[C@@H](NC(=O)COC(C)=O)CC3. The molecule has 4 heterocycles. The van der Waals surface area contributed by atoms with Crippen molar-refractivity contribution >= 4 is 28.7 Å². The van der Waals surface area contributed by atoms with Gasteiger partial charge in [-0.2, -0.15) is 0 Å². The lowest BCUT2D eigenvalue weighted by Gasteiger charge is -2.31. The molecule has 6 rings (SSSR count). The topological polar surface area (TPSA) is 137 Å². The summed E-state index contributed by atoms with van der Waals surface area (Å²) in [5.41, 5.74) is 1.91. The standard InChI is InChI=1S/C28H26FN3O7/c1-4-28(37)17-7-21-25-15(9-32(21)26(35)16(17)10-39-27(28)36)24-19(30-22(34)11-38-13(3)33)6-5-14-12(2)18(29)8-20(31-25)23(14)24/h7-8,19,37H,4-6,9-11H2,1-3H3,(H,30,34)/t19-,28-/m0/s1. The van der Waals surface area contributed by atoms with Crippen LogP contribution in [0.3, 0.4) is 0 Å². The molecule has 0 fully saturated rings. The summed E-state index contributed by atoms with van der Waals surface area (Å²) in [6.07, 6.45) is 0.972. The Morgan fingerprint density at radius 1 is 1.28 bits per heavy atom. The van der Waals surface area contributed by atoms with E-state index in [0.29, 0.717) is 40.9 Å². The van der Waals surface area contributed by atoms with Crippen molar-refractivity contribution in [2.24, 2.45) is 0 Å². The van der Waals surface area contributed by atoms with Crippen LogP contribution in [0.15, 0.2) is 16.9 Å². The highest BCUT2D eigenvalue weighted by molar-refractivity contribution is 5.94. The van der Waals surface area contributed by atoms with Crippen LogP contribution in [0.2, 0.25) is 0 Å². The molecule has 11 heteroatoms. The number of nitrogens with zero attached hydrogens (tertiary/aromatic N) is 2. The Balaban J connectivity index is 1.58. The molecular weight excluding hydrogens is 509 g/mol. The largest absolute Gasteiger partial charge is 0.458 e. The van der Waals surface area contributed by atoms with Gasteiger partial charge in [-0.1, -0.05) is 6.92 Å². The molecule has 2 atom stereocenters. The van der Waals surface area contributed by atoms with Crippen molar-refractivity contribution in [1.82, 2.24) is 14.9 Å². The summed E-state index contributed by atoms with van der Waals surface area (Å²) in [6.45, 7) is 4.00. The maximum atomic E-state index is 15.0. The first-order valence-electron chi connectivity index (χ1n) is 12.8. The Kier molecular flexibility index (Phi) is 5.62. The molecule has 202 valence electrons. The number of pyridine rings is 2. The maximum absolute atomic E-state index is 15.0. The molecule has 2 aliphatic heterocycles. The van der Waals surface area contributed by atoms with Gasteiger partial charge in [0, 0.05) is 29.5 Å². The molecule has 0 spiro atoms. The molecule has 0 bridgehead atoms. The number of cyclic esters (lactones) is 1. The average Bonchev–Trinajstić information content (AvgIpc) is 3.27. The number of aromatic nitrogens is 2. The molecule has 1 amide bonds. The van der Waals surface area contributed by atoms with E-state index in [0.717, 1.165) is 16.5 Å². The number of aliphatic hydroxyl groups is 1. The first kappa shape index (κ1) is 25.2. The van der Waals surface area contributed by atoms with Gasteiger partial charge < -0.3 is 24.5 Å². The van der Waals surface area contributed by atoms with Gasteiger partial charge in [0.1, 0.15) is 12.4 Å². The van der Waals surface area contributed by atoms with Crippen LogP contribution in [-0.4, -0.2) is 39.1 Å². The van der Waals surface area contributed by atoms with Crippen LogP contribution in [0.5, 0.6) is 0 Å². The van der Waals surface area contributed by atoms with E-state index in [-0.39, 0.29) is 30.7 Å². The number of halogens is 1. The third-order valence-electron chi connectivity index (χ3n) is 8.12. The minimum absolute atomic E-state index is 0.00920. The first-order chi connectivity index (χ1) is 18.5. The predicted octanol–water partition coefficient (Wildman–Crippen LogP) is 2.19. The number of aryl methyl sites for hydroxylation is 1. The van der Waals surface area contributed by atoms with Crippen LogP contribution in [0, 0.1) is 12.7 Å². The van der Waals surface area contributed by atoms with Gasteiger partial charge in [0.25, 0.3) is 11.5 Å². The van der Waals surface area contributed by atoms with Crippen LogP contribution in [0.25, 0.3) is 22.3 Å². The van der Waals surface area contributed by atoms with Crippen LogP contribution in [0.1, 0.15) is 66.1 Å². The van der Waals surface area contributed by atoms with Gasteiger partial charge in [-0.25, -0.2) is 14.2 Å². The number of benzene rings is 1. The summed E-state index contributed by atoms with van der Waals surface area (Å²) in [5, 5.41) is 14.8. The summed E-state index contributed by atoms with van der Waals surface area (Å²) in [6, 6.07) is 2.45. The van der Waals surface area contributed by atoms with E-state index >= 15 is 0 Å². The fourth-order valence-corrected chi connectivity index (χ4v) is 6.10. The zero-order valence-electron chi connectivity index (χ0n) is 21.6. The summed E-state index contributed by atoms with van der Waals surface area (Å²) in [4.78, 5) is 54.8. The average molecular weight is 536 g/mol. The van der Waals surface area contributed by atoms with Crippen LogP contribution in [0.4, 0.5) is 4.39 Å². The Morgan fingerprint density at radius 3 is 2.77 bits per heavy atom. The predicted molar refractivity (Wildman–Crippen MR) is 135 cm³/mol. The molecule has 39 heavy (non-hydrogen) atoms. The van der Waals surface area contributed by atoms with E-state index in [9.17, 15) is 28.7 Å². The molecule has 10 nitrogen and oxygen atoms in total. The number of hydrogen-bond acceptors (Lipinski definition) is 8. The van der Waals surface area contributed by atoms with Gasteiger partial charge in [-0.15, -0.1) is 0 Å². The van der Waals surface area contributed by atoms with Crippen molar-refractivity contribution in [3.05, 3.63) is 61.7 Å². The second-order valence-electron chi connectivity index (χ2n) is 10.3. The van der Waals surface area contributed by atoms with E-state index in [1.165, 1.54) is 17.6 Å². The third-order valence-corrected chi connectivity index (χ3v) is 8.12. The van der Waals surface area contributed by atoms with Crippen LogP contribution in [-0.2, 0) is 49.0 Å². The molecule has 1 aromatic carbocycles. The second-order valence-corrected chi connectivity index (χ2v) is 10.3. The van der Waals surface area contributed by atoms with Crippen molar-refractivity contribution in [3.63, 3.8) is 0 Å². The molecule has 0 radical (unpaired) electrons. The van der Waals surface area contributed by atoms with Crippen molar-refractivity contribution in [1.29, 1.82) is 0 Å². The Labute approximate surface area is 221 Å². The fraction of sp³-hybridized carbons (Fsp3) is 0.393.